The summed E-state index contributed by atoms with van der Waals surface area (Å²) in [4.78, 5) is 15.9. The number of ether oxygens (including phenoxy) is 1. The number of hydrogen-bond donors (Lipinski definition) is 2. The molecule has 0 atom stereocenters. The topological polar surface area (TPSA) is 77.2 Å². The maximum absolute atomic E-state index is 12.0. The Hall–Kier alpha value is -1.46. The van der Waals surface area contributed by atoms with Crippen LogP contribution in [0.25, 0.3) is 0 Å². The van der Waals surface area contributed by atoms with E-state index in [4.69, 9.17) is 10.5 Å². The Labute approximate surface area is 94.0 Å². The van der Waals surface area contributed by atoms with Gasteiger partial charge in [-0.1, -0.05) is 0 Å². The summed E-state index contributed by atoms with van der Waals surface area (Å²) in [5, 5.41) is 2.79. The molecule has 86 valence electrons. The maximum atomic E-state index is 12.0. The summed E-state index contributed by atoms with van der Waals surface area (Å²) >= 11 is 0. The highest BCUT2D eigenvalue weighted by Gasteiger charge is 2.35. The molecule has 0 spiro atoms. The first-order chi connectivity index (χ1) is 7.71. The average Bonchev–Trinajstić information content (AvgIpc) is 2.31. The van der Waals surface area contributed by atoms with Crippen molar-refractivity contribution in [3.8, 4) is 0 Å². The molecule has 2 heterocycles. The fourth-order valence-electron chi connectivity index (χ4n) is 1.65. The van der Waals surface area contributed by atoms with Crippen LogP contribution in [0.5, 0.6) is 0 Å². The van der Waals surface area contributed by atoms with Crippen molar-refractivity contribution >= 4 is 11.6 Å². The van der Waals surface area contributed by atoms with Crippen LogP contribution in [0.3, 0.4) is 0 Å². The molecular formula is C11H15N3O2. The number of nitrogens with one attached hydrogen (secondary N) is 1. The summed E-state index contributed by atoms with van der Waals surface area (Å²) < 4.78 is 5.20. The summed E-state index contributed by atoms with van der Waals surface area (Å²) in [6, 6.07) is 3.47. The summed E-state index contributed by atoms with van der Waals surface area (Å²) in [6.45, 7) is 1.08. The number of anilines is 1. The van der Waals surface area contributed by atoms with Crippen molar-refractivity contribution in [2.45, 2.75) is 18.4 Å². The number of aromatic nitrogens is 1. The monoisotopic (exact) mass is 221 g/mol. The third-order valence-corrected chi connectivity index (χ3v) is 2.78. The fraction of sp³-hybridized carbons (Fsp3) is 0.455. The van der Waals surface area contributed by atoms with Crippen LogP contribution in [-0.2, 0) is 9.53 Å². The highest BCUT2D eigenvalue weighted by atomic mass is 16.5. The Morgan fingerprint density at radius 1 is 1.38 bits per heavy atom. The van der Waals surface area contributed by atoms with Crippen molar-refractivity contribution < 1.29 is 9.53 Å². The van der Waals surface area contributed by atoms with Crippen molar-refractivity contribution in [3.63, 3.8) is 0 Å². The van der Waals surface area contributed by atoms with E-state index < -0.39 is 5.54 Å². The quantitative estimate of drug-likeness (QED) is 0.763. The Kier molecular flexibility index (Phi) is 3.17. The highest BCUT2D eigenvalue weighted by Crippen LogP contribution is 2.19. The van der Waals surface area contributed by atoms with Gasteiger partial charge < -0.3 is 15.8 Å². The minimum absolute atomic E-state index is 0.151. The van der Waals surface area contributed by atoms with Gasteiger partial charge >= 0.3 is 0 Å². The summed E-state index contributed by atoms with van der Waals surface area (Å²) in [5.41, 5.74) is 5.96. The zero-order valence-corrected chi connectivity index (χ0v) is 8.98. The molecular weight excluding hydrogens is 206 g/mol. The molecule has 1 aromatic heterocycles. The molecule has 0 saturated carbocycles. The van der Waals surface area contributed by atoms with Crippen molar-refractivity contribution in [3.05, 3.63) is 24.5 Å². The minimum Gasteiger partial charge on any atom is -0.381 e. The predicted octanol–water partition coefficient (Wildman–Crippen LogP) is 0.528. The van der Waals surface area contributed by atoms with Gasteiger partial charge in [0.05, 0.1) is 0 Å². The molecule has 1 aromatic rings. The lowest BCUT2D eigenvalue weighted by atomic mass is 9.90. The van der Waals surface area contributed by atoms with E-state index in [0.29, 0.717) is 26.1 Å². The van der Waals surface area contributed by atoms with E-state index in [1.54, 1.807) is 24.5 Å². The van der Waals surface area contributed by atoms with Gasteiger partial charge in [-0.15, -0.1) is 0 Å². The smallest absolute Gasteiger partial charge is 0.244 e. The molecule has 0 aliphatic carbocycles. The third kappa shape index (κ3) is 2.37. The van der Waals surface area contributed by atoms with Gasteiger partial charge in [-0.3, -0.25) is 9.78 Å². The van der Waals surface area contributed by atoms with E-state index in [0.717, 1.165) is 5.69 Å². The second kappa shape index (κ2) is 4.59. The van der Waals surface area contributed by atoms with Gasteiger partial charge in [-0.2, -0.15) is 0 Å². The molecule has 0 unspecified atom stereocenters. The largest absolute Gasteiger partial charge is 0.381 e. The zero-order valence-electron chi connectivity index (χ0n) is 8.98. The molecule has 1 aliphatic heterocycles. The number of pyridine rings is 1. The Morgan fingerprint density at radius 3 is 2.62 bits per heavy atom. The van der Waals surface area contributed by atoms with Gasteiger partial charge in [-0.05, 0) is 25.0 Å². The SMILES string of the molecule is NC1(C(=O)Nc2ccncc2)CCOCC1. The Morgan fingerprint density at radius 2 is 2.00 bits per heavy atom. The molecule has 1 aliphatic rings. The molecule has 1 fully saturated rings. The summed E-state index contributed by atoms with van der Waals surface area (Å²) in [6.07, 6.45) is 4.37. The summed E-state index contributed by atoms with van der Waals surface area (Å²) in [5.74, 6) is -0.151. The molecule has 16 heavy (non-hydrogen) atoms. The molecule has 1 amide bonds. The molecule has 1 saturated heterocycles. The minimum atomic E-state index is -0.804. The van der Waals surface area contributed by atoms with Crippen LogP contribution in [0.15, 0.2) is 24.5 Å². The van der Waals surface area contributed by atoms with Gasteiger partial charge in [0, 0.05) is 31.3 Å². The zero-order chi connectivity index (χ0) is 11.4. The number of carbonyl (C=O) groups is 1. The van der Waals surface area contributed by atoms with E-state index in [9.17, 15) is 4.79 Å². The van der Waals surface area contributed by atoms with Gasteiger partial charge in [-0.25, -0.2) is 0 Å². The highest BCUT2D eigenvalue weighted by molar-refractivity contribution is 5.97. The molecule has 0 radical (unpaired) electrons. The molecule has 5 heteroatoms. The lowest BCUT2D eigenvalue weighted by Crippen LogP contribution is -2.54. The van der Waals surface area contributed by atoms with E-state index in [1.165, 1.54) is 0 Å². The Bertz CT molecular complexity index is 361. The van der Waals surface area contributed by atoms with Crippen molar-refractivity contribution in [2.75, 3.05) is 18.5 Å². The van der Waals surface area contributed by atoms with Crippen LogP contribution in [0.1, 0.15) is 12.8 Å². The van der Waals surface area contributed by atoms with E-state index in [1.807, 2.05) is 0 Å². The van der Waals surface area contributed by atoms with Gasteiger partial charge in [0.2, 0.25) is 5.91 Å². The van der Waals surface area contributed by atoms with E-state index >= 15 is 0 Å². The van der Waals surface area contributed by atoms with Crippen LogP contribution in [0, 0.1) is 0 Å². The number of rotatable bonds is 2. The second-order valence-electron chi connectivity index (χ2n) is 3.96. The van der Waals surface area contributed by atoms with Crippen molar-refractivity contribution in [2.24, 2.45) is 5.73 Å². The van der Waals surface area contributed by atoms with E-state index in [2.05, 4.69) is 10.3 Å². The molecule has 5 nitrogen and oxygen atoms in total. The first kappa shape index (κ1) is 11.0. The molecule has 0 bridgehead atoms. The van der Waals surface area contributed by atoms with Gasteiger partial charge in [0.25, 0.3) is 0 Å². The van der Waals surface area contributed by atoms with Crippen molar-refractivity contribution in [1.82, 2.24) is 4.98 Å². The number of nitrogens with zero attached hydrogens (tertiary/aromatic N) is 1. The van der Waals surface area contributed by atoms with Crippen LogP contribution in [-0.4, -0.2) is 29.6 Å². The van der Waals surface area contributed by atoms with Gasteiger partial charge in [0.15, 0.2) is 0 Å². The number of carbonyl (C=O) groups excluding carboxylic acids is 1. The Balaban J connectivity index is 2.02. The van der Waals surface area contributed by atoms with Crippen LogP contribution >= 0.6 is 0 Å². The average molecular weight is 221 g/mol. The van der Waals surface area contributed by atoms with E-state index in [-0.39, 0.29) is 5.91 Å². The van der Waals surface area contributed by atoms with Crippen LogP contribution in [0.2, 0.25) is 0 Å². The van der Waals surface area contributed by atoms with Crippen LogP contribution in [0.4, 0.5) is 5.69 Å². The van der Waals surface area contributed by atoms with Crippen molar-refractivity contribution in [1.29, 1.82) is 0 Å². The first-order valence-electron chi connectivity index (χ1n) is 5.29. The normalized spacial score (nSPS) is 19.1. The molecule has 2 rings (SSSR count). The lowest BCUT2D eigenvalue weighted by molar-refractivity contribution is -0.124. The van der Waals surface area contributed by atoms with Gasteiger partial charge in [0.1, 0.15) is 5.54 Å². The molecule has 0 aromatic carbocycles. The predicted molar refractivity (Wildman–Crippen MR) is 59.8 cm³/mol. The van der Waals surface area contributed by atoms with Crippen LogP contribution < -0.4 is 11.1 Å². The third-order valence-electron chi connectivity index (χ3n) is 2.78. The first-order valence-corrected chi connectivity index (χ1v) is 5.29. The molecule has 3 N–H and O–H groups in total. The summed E-state index contributed by atoms with van der Waals surface area (Å²) in [7, 11) is 0. The fourth-order valence-corrected chi connectivity index (χ4v) is 1.65. The standard InChI is InChI=1S/C11H15N3O2/c12-11(3-7-16-8-4-11)10(15)14-9-1-5-13-6-2-9/h1-2,5-6H,3-4,7-8,12H2,(H,13,14,15). The number of amides is 1. The lowest BCUT2D eigenvalue weighted by Gasteiger charge is -2.31. The number of hydrogen-bond acceptors (Lipinski definition) is 4. The second-order valence-corrected chi connectivity index (χ2v) is 3.96. The maximum Gasteiger partial charge on any atom is 0.244 e. The number of nitrogens with two attached hydrogens (primary N) is 1.